The van der Waals surface area contributed by atoms with Crippen LogP contribution in [0.5, 0.6) is 0 Å². The summed E-state index contributed by atoms with van der Waals surface area (Å²) in [6.07, 6.45) is 94.7. The first kappa shape index (κ1) is 78.3. The number of unbranched alkanes of at least 4 members (excludes halogenated alkanes) is 37. The Balaban J connectivity index is 4.24. The maximum atomic E-state index is 12.9. The molecule has 0 saturated heterocycles. The van der Waals surface area contributed by atoms with Crippen molar-refractivity contribution in [1.82, 2.24) is 0 Å². The number of rotatable bonds is 64. The number of carbonyl (C=O) groups is 3. The maximum Gasteiger partial charge on any atom is 0.306 e. The van der Waals surface area contributed by atoms with E-state index in [1.54, 1.807) is 0 Å². The van der Waals surface area contributed by atoms with Crippen molar-refractivity contribution >= 4 is 17.9 Å². The first-order valence-electron chi connectivity index (χ1n) is 35.2. The third-order valence-electron chi connectivity index (χ3n) is 15.3. The van der Waals surface area contributed by atoms with Crippen LogP contribution in [0.2, 0.25) is 0 Å². The van der Waals surface area contributed by atoms with E-state index in [9.17, 15) is 14.4 Å². The van der Waals surface area contributed by atoms with Crippen molar-refractivity contribution in [1.29, 1.82) is 0 Å². The van der Waals surface area contributed by atoms with Gasteiger partial charge in [0, 0.05) is 19.3 Å². The first-order chi connectivity index (χ1) is 40.5. The van der Waals surface area contributed by atoms with Gasteiger partial charge in [-0.3, -0.25) is 14.4 Å². The molecule has 0 aromatic rings. The standard InChI is InChI=1S/C76H132O6/c1-4-7-10-13-16-19-22-25-27-29-31-33-34-35-36-37-38-39-40-41-43-44-46-48-51-54-57-60-63-66-69-75(78)81-72-73(71-80-74(77)68-65-62-59-56-53-50-24-21-18-15-12-9-6-3)82-76(79)70-67-64-61-58-55-52-49-47-45-42-32-30-28-26-23-20-17-14-11-8-5-2/h8-9,11-12,17-18,20-21,26,28,32,42,50,53,59,62,73H,4-7,10,13-16,19,22-25,27,29-31,33-41,43-49,51-52,54-58,60-61,63-72H2,1-3H3/b11-8-,12-9-,20-17-,21-18-,28-26-,42-32-,53-50-,62-59-. The largest absolute Gasteiger partial charge is 0.462 e. The zero-order valence-electron chi connectivity index (χ0n) is 54.2. The van der Waals surface area contributed by atoms with Gasteiger partial charge in [-0.2, -0.15) is 0 Å². The van der Waals surface area contributed by atoms with E-state index in [0.29, 0.717) is 19.3 Å². The lowest BCUT2D eigenvalue weighted by atomic mass is 10.0. The molecule has 82 heavy (non-hydrogen) atoms. The summed E-state index contributed by atoms with van der Waals surface area (Å²) < 4.78 is 16.9. The minimum Gasteiger partial charge on any atom is -0.462 e. The molecule has 1 unspecified atom stereocenters. The second-order valence-electron chi connectivity index (χ2n) is 23.4. The van der Waals surface area contributed by atoms with Crippen LogP contribution in [0, 0.1) is 0 Å². The Morgan fingerprint density at radius 1 is 0.256 bits per heavy atom. The summed E-state index contributed by atoms with van der Waals surface area (Å²) in [5.74, 6) is -0.980. The molecule has 472 valence electrons. The Morgan fingerprint density at radius 2 is 0.500 bits per heavy atom. The smallest absolute Gasteiger partial charge is 0.306 e. The summed E-state index contributed by atoms with van der Waals surface area (Å²) in [5.41, 5.74) is 0. The minimum atomic E-state index is -0.812. The predicted molar refractivity (Wildman–Crippen MR) is 357 cm³/mol. The molecule has 0 N–H and O–H groups in total. The average Bonchev–Trinajstić information content (AvgIpc) is 3.47. The van der Waals surface area contributed by atoms with E-state index in [2.05, 4.69) is 112 Å². The van der Waals surface area contributed by atoms with Crippen LogP contribution < -0.4 is 0 Å². The third kappa shape index (κ3) is 67.1. The van der Waals surface area contributed by atoms with E-state index in [1.807, 2.05) is 6.08 Å². The lowest BCUT2D eigenvalue weighted by Gasteiger charge is -2.18. The number of hydrogen-bond acceptors (Lipinski definition) is 6. The van der Waals surface area contributed by atoms with Gasteiger partial charge in [-0.05, 0) is 83.5 Å². The lowest BCUT2D eigenvalue weighted by Crippen LogP contribution is -2.30. The molecule has 6 heteroatoms. The number of esters is 3. The monoisotopic (exact) mass is 1140 g/mol. The summed E-state index contributed by atoms with van der Waals surface area (Å²) in [4.78, 5) is 38.3. The molecule has 1 atom stereocenters. The number of ether oxygens (including phenoxy) is 3. The van der Waals surface area contributed by atoms with Crippen molar-refractivity contribution in [2.75, 3.05) is 13.2 Å². The van der Waals surface area contributed by atoms with Crippen molar-refractivity contribution in [3.8, 4) is 0 Å². The highest BCUT2D eigenvalue weighted by atomic mass is 16.6. The fourth-order valence-corrected chi connectivity index (χ4v) is 10.2. The fourth-order valence-electron chi connectivity index (χ4n) is 10.2. The van der Waals surface area contributed by atoms with Gasteiger partial charge >= 0.3 is 17.9 Å². The van der Waals surface area contributed by atoms with Gasteiger partial charge in [0.15, 0.2) is 6.10 Å². The summed E-state index contributed by atoms with van der Waals surface area (Å²) in [6, 6.07) is 0. The maximum absolute atomic E-state index is 12.9. The normalized spacial score (nSPS) is 12.7. The number of allylic oxidation sites excluding steroid dienone is 16. The van der Waals surface area contributed by atoms with Crippen LogP contribution in [0.1, 0.15) is 348 Å². The Kier molecular flexibility index (Phi) is 66.7. The molecule has 0 aliphatic carbocycles. The topological polar surface area (TPSA) is 78.9 Å². The van der Waals surface area contributed by atoms with Gasteiger partial charge in [-0.15, -0.1) is 0 Å². The molecule has 0 radical (unpaired) electrons. The molecule has 0 amide bonds. The molecule has 0 fully saturated rings. The quantitative estimate of drug-likeness (QED) is 0.0261. The van der Waals surface area contributed by atoms with Gasteiger partial charge in [0.25, 0.3) is 0 Å². The molecular formula is C76H132O6. The Morgan fingerprint density at radius 3 is 0.817 bits per heavy atom. The molecule has 0 rings (SSSR count). The van der Waals surface area contributed by atoms with E-state index in [0.717, 1.165) is 96.3 Å². The minimum absolute atomic E-state index is 0.101. The SMILES string of the molecule is CC/C=C\C/C=C\C/C=C\C/C=C\CCCCCCCCCCC(=O)OC(COC(=O)CC/C=C\C/C=C\C/C=C\C/C=C\CC)COC(=O)CCCCCCCCCCCCCCCCCCCCCCCCCCCCCCCC. The Bertz CT molecular complexity index is 1590. The van der Waals surface area contributed by atoms with Gasteiger partial charge < -0.3 is 14.2 Å². The Hall–Kier alpha value is -3.67. The fraction of sp³-hybridized carbons (Fsp3) is 0.750. The molecule has 0 aromatic heterocycles. The first-order valence-corrected chi connectivity index (χ1v) is 35.2. The molecule has 0 aliphatic rings. The van der Waals surface area contributed by atoms with Crippen LogP contribution in [0.3, 0.4) is 0 Å². The van der Waals surface area contributed by atoms with Crippen molar-refractivity contribution in [2.45, 2.75) is 354 Å². The summed E-state index contributed by atoms with van der Waals surface area (Å²) >= 11 is 0. The highest BCUT2D eigenvalue weighted by Gasteiger charge is 2.19. The highest BCUT2D eigenvalue weighted by Crippen LogP contribution is 2.18. The van der Waals surface area contributed by atoms with Gasteiger partial charge in [0.2, 0.25) is 0 Å². The van der Waals surface area contributed by atoms with Crippen LogP contribution in [-0.4, -0.2) is 37.2 Å². The summed E-state index contributed by atoms with van der Waals surface area (Å²) in [6.45, 7) is 6.39. The second-order valence-corrected chi connectivity index (χ2v) is 23.4. The zero-order chi connectivity index (χ0) is 59.2. The van der Waals surface area contributed by atoms with E-state index < -0.39 is 6.10 Å². The van der Waals surface area contributed by atoms with E-state index in [4.69, 9.17) is 14.2 Å². The molecule has 0 aromatic carbocycles. The molecule has 0 bridgehead atoms. The molecule has 0 aliphatic heterocycles. The summed E-state index contributed by atoms with van der Waals surface area (Å²) in [7, 11) is 0. The van der Waals surface area contributed by atoms with Crippen molar-refractivity contribution < 1.29 is 28.6 Å². The van der Waals surface area contributed by atoms with Gasteiger partial charge in [-0.25, -0.2) is 0 Å². The zero-order valence-corrected chi connectivity index (χ0v) is 54.2. The Labute approximate surface area is 508 Å². The van der Waals surface area contributed by atoms with Crippen molar-refractivity contribution in [2.24, 2.45) is 0 Å². The predicted octanol–water partition coefficient (Wildman–Crippen LogP) is 24.4. The van der Waals surface area contributed by atoms with Crippen LogP contribution in [0.4, 0.5) is 0 Å². The lowest BCUT2D eigenvalue weighted by molar-refractivity contribution is -0.166. The van der Waals surface area contributed by atoms with Crippen LogP contribution >= 0.6 is 0 Å². The summed E-state index contributed by atoms with van der Waals surface area (Å²) in [5, 5.41) is 0. The van der Waals surface area contributed by atoms with E-state index >= 15 is 0 Å². The van der Waals surface area contributed by atoms with Gasteiger partial charge in [0.05, 0.1) is 0 Å². The van der Waals surface area contributed by atoms with Gasteiger partial charge in [0.1, 0.15) is 13.2 Å². The van der Waals surface area contributed by atoms with Gasteiger partial charge in [-0.1, -0.05) is 343 Å². The second kappa shape index (κ2) is 69.8. The van der Waals surface area contributed by atoms with Crippen molar-refractivity contribution in [3.63, 3.8) is 0 Å². The van der Waals surface area contributed by atoms with Crippen molar-refractivity contribution in [3.05, 3.63) is 97.2 Å². The van der Waals surface area contributed by atoms with E-state index in [-0.39, 0.29) is 37.5 Å². The number of carbonyl (C=O) groups excluding carboxylic acids is 3. The highest BCUT2D eigenvalue weighted by molar-refractivity contribution is 5.71. The molecule has 6 nitrogen and oxygen atoms in total. The van der Waals surface area contributed by atoms with Crippen LogP contribution in [0.25, 0.3) is 0 Å². The molecule has 0 spiro atoms. The molecule has 0 saturated carbocycles. The van der Waals surface area contributed by atoms with E-state index in [1.165, 1.54) is 205 Å². The third-order valence-corrected chi connectivity index (χ3v) is 15.3. The number of hydrogen-bond donors (Lipinski definition) is 0. The molecule has 0 heterocycles. The average molecular weight is 1140 g/mol. The van der Waals surface area contributed by atoms with Crippen LogP contribution in [-0.2, 0) is 28.6 Å². The van der Waals surface area contributed by atoms with Crippen LogP contribution in [0.15, 0.2) is 97.2 Å². The molecular weight excluding hydrogens is 1010 g/mol.